The molecule has 0 aliphatic heterocycles. The van der Waals surface area contributed by atoms with Crippen LogP contribution in [-0.4, -0.2) is 22.5 Å². The Morgan fingerprint density at radius 2 is 2.20 bits per heavy atom. The molecule has 0 bridgehead atoms. The second kappa shape index (κ2) is 4.65. The Hall–Kier alpha value is -1.76. The number of carbonyl (C=O) groups excluding carboxylic acids is 1. The van der Waals surface area contributed by atoms with Crippen LogP contribution in [-0.2, 0) is 0 Å². The van der Waals surface area contributed by atoms with E-state index in [0.29, 0.717) is 10.0 Å². The Morgan fingerprint density at radius 1 is 1.53 bits per heavy atom. The molecule has 0 saturated heterocycles. The average Bonchev–Trinajstić information content (AvgIpc) is 2.13. The van der Waals surface area contributed by atoms with Crippen LogP contribution in [0.15, 0.2) is 21.7 Å². The lowest BCUT2D eigenvalue weighted by Crippen LogP contribution is -2.24. The number of hydrazone groups is 1. The van der Waals surface area contributed by atoms with Crippen molar-refractivity contribution in [1.29, 1.82) is 0 Å². The van der Waals surface area contributed by atoms with E-state index in [4.69, 9.17) is 5.73 Å². The third-order valence-electron chi connectivity index (χ3n) is 1.45. The van der Waals surface area contributed by atoms with Crippen LogP contribution in [0.2, 0.25) is 0 Å². The summed E-state index contributed by atoms with van der Waals surface area (Å²) >= 11 is 3.03. The number of hydrogen-bond donors (Lipinski definition) is 4. The largest absolute Gasteiger partial charge is 0.504 e. The van der Waals surface area contributed by atoms with Crippen molar-refractivity contribution in [2.75, 3.05) is 0 Å². The van der Waals surface area contributed by atoms with Crippen molar-refractivity contribution in [3.05, 3.63) is 22.2 Å². The van der Waals surface area contributed by atoms with Crippen LogP contribution < -0.4 is 11.2 Å². The monoisotopic (exact) mass is 273 g/mol. The smallest absolute Gasteiger partial charge is 0.332 e. The van der Waals surface area contributed by atoms with Gasteiger partial charge in [-0.05, 0) is 33.6 Å². The summed E-state index contributed by atoms with van der Waals surface area (Å²) in [4.78, 5) is 10.3. The highest BCUT2D eigenvalue weighted by Crippen LogP contribution is 2.33. The number of phenolic OH excluding ortho intramolecular Hbond substituents is 2. The van der Waals surface area contributed by atoms with E-state index in [-0.39, 0.29) is 11.5 Å². The van der Waals surface area contributed by atoms with Crippen LogP contribution in [0.5, 0.6) is 11.5 Å². The highest BCUT2D eigenvalue weighted by Gasteiger charge is 2.05. The Labute approximate surface area is 93.5 Å². The average molecular weight is 274 g/mol. The van der Waals surface area contributed by atoms with E-state index in [1.54, 1.807) is 0 Å². The lowest BCUT2D eigenvalue weighted by atomic mass is 10.2. The number of halogens is 1. The summed E-state index contributed by atoms with van der Waals surface area (Å²) in [6.45, 7) is 0. The Balaban J connectivity index is 2.87. The number of carbonyl (C=O) groups is 1. The Bertz CT molecular complexity index is 397. The number of nitrogens with one attached hydrogen (secondary N) is 1. The maximum atomic E-state index is 10.3. The molecule has 80 valence electrons. The predicted octanol–water partition coefficient (Wildman–Crippen LogP) is 0.862. The first-order valence-corrected chi connectivity index (χ1v) is 4.60. The number of hydrogen-bond acceptors (Lipinski definition) is 4. The summed E-state index contributed by atoms with van der Waals surface area (Å²) in [6.07, 6.45) is 1.27. The molecule has 7 heteroatoms. The number of aromatic hydroxyl groups is 2. The number of benzene rings is 1. The number of urea groups is 1. The maximum Gasteiger partial charge on any atom is 0.332 e. The van der Waals surface area contributed by atoms with E-state index in [2.05, 4.69) is 21.0 Å². The second-order valence-electron chi connectivity index (χ2n) is 2.60. The molecular formula is C8H8BrN3O3. The summed E-state index contributed by atoms with van der Waals surface area (Å²) in [5, 5.41) is 21.9. The van der Waals surface area contributed by atoms with Crippen molar-refractivity contribution >= 4 is 28.2 Å². The van der Waals surface area contributed by atoms with Crippen LogP contribution in [0.25, 0.3) is 0 Å². The van der Waals surface area contributed by atoms with Crippen LogP contribution in [0.3, 0.4) is 0 Å². The number of primary amides is 1. The molecule has 0 fully saturated rings. The van der Waals surface area contributed by atoms with Crippen LogP contribution >= 0.6 is 15.9 Å². The van der Waals surface area contributed by atoms with Gasteiger partial charge in [0.25, 0.3) is 0 Å². The number of rotatable bonds is 2. The third kappa shape index (κ3) is 3.13. The lowest BCUT2D eigenvalue weighted by molar-refractivity contribution is 0.249. The molecule has 0 radical (unpaired) electrons. The van der Waals surface area contributed by atoms with Crippen LogP contribution in [0.4, 0.5) is 4.79 Å². The van der Waals surface area contributed by atoms with Crippen LogP contribution in [0.1, 0.15) is 5.56 Å². The zero-order chi connectivity index (χ0) is 11.4. The SMILES string of the molecule is NC(=O)N/N=C/c1cc(O)c(O)c(Br)c1. The lowest BCUT2D eigenvalue weighted by Gasteiger charge is -2.01. The minimum atomic E-state index is -0.784. The fraction of sp³-hybridized carbons (Fsp3) is 0. The molecule has 0 aliphatic rings. The molecule has 0 aliphatic carbocycles. The van der Waals surface area contributed by atoms with E-state index in [1.807, 2.05) is 5.43 Å². The predicted molar refractivity (Wildman–Crippen MR) is 57.8 cm³/mol. The Morgan fingerprint density at radius 3 is 2.73 bits per heavy atom. The van der Waals surface area contributed by atoms with Gasteiger partial charge < -0.3 is 15.9 Å². The fourth-order valence-corrected chi connectivity index (χ4v) is 1.32. The van der Waals surface area contributed by atoms with Crippen molar-refractivity contribution in [3.63, 3.8) is 0 Å². The van der Waals surface area contributed by atoms with Gasteiger partial charge in [-0.3, -0.25) is 0 Å². The van der Waals surface area contributed by atoms with E-state index >= 15 is 0 Å². The molecule has 1 aromatic rings. The maximum absolute atomic E-state index is 10.3. The number of phenols is 2. The van der Waals surface area contributed by atoms with Gasteiger partial charge in [-0.2, -0.15) is 5.10 Å². The van der Waals surface area contributed by atoms with Crippen molar-refractivity contribution in [2.45, 2.75) is 0 Å². The first-order valence-electron chi connectivity index (χ1n) is 3.80. The van der Waals surface area contributed by atoms with Crippen LogP contribution in [0, 0.1) is 0 Å². The molecule has 15 heavy (non-hydrogen) atoms. The second-order valence-corrected chi connectivity index (χ2v) is 3.46. The molecule has 0 saturated carbocycles. The van der Waals surface area contributed by atoms with Crippen molar-refractivity contribution < 1.29 is 15.0 Å². The summed E-state index contributed by atoms with van der Waals surface area (Å²) in [6, 6.07) is 2.02. The quantitative estimate of drug-likeness (QED) is 0.365. The van der Waals surface area contributed by atoms with Gasteiger partial charge in [-0.25, -0.2) is 10.2 Å². The van der Waals surface area contributed by atoms with E-state index in [1.165, 1.54) is 18.3 Å². The van der Waals surface area contributed by atoms with Gasteiger partial charge in [0.2, 0.25) is 0 Å². The van der Waals surface area contributed by atoms with E-state index < -0.39 is 6.03 Å². The molecule has 1 aromatic carbocycles. The first kappa shape index (κ1) is 11.3. The summed E-state index contributed by atoms with van der Waals surface area (Å²) < 4.78 is 0.322. The molecule has 0 unspecified atom stereocenters. The zero-order valence-electron chi connectivity index (χ0n) is 7.44. The standard InChI is InChI=1S/C8H8BrN3O3/c9-5-1-4(2-6(13)7(5)14)3-11-12-8(10)15/h1-3,13-14H,(H3,10,12,15)/b11-3+. The molecule has 0 aromatic heterocycles. The van der Waals surface area contributed by atoms with Gasteiger partial charge in [0.15, 0.2) is 11.5 Å². The van der Waals surface area contributed by atoms with Crippen molar-refractivity contribution in [3.8, 4) is 11.5 Å². The fourth-order valence-electron chi connectivity index (χ4n) is 0.850. The van der Waals surface area contributed by atoms with Gasteiger partial charge in [0, 0.05) is 0 Å². The minimum absolute atomic E-state index is 0.255. The van der Waals surface area contributed by atoms with Crippen molar-refractivity contribution in [2.24, 2.45) is 10.8 Å². The van der Waals surface area contributed by atoms with Gasteiger partial charge in [0.1, 0.15) is 0 Å². The molecule has 0 atom stereocenters. The number of nitrogens with two attached hydrogens (primary N) is 1. The molecule has 0 heterocycles. The summed E-state index contributed by atoms with van der Waals surface area (Å²) in [5.74, 6) is -0.542. The highest BCUT2D eigenvalue weighted by molar-refractivity contribution is 9.10. The summed E-state index contributed by atoms with van der Waals surface area (Å²) in [5.41, 5.74) is 7.27. The Kier molecular flexibility index (Phi) is 3.51. The van der Waals surface area contributed by atoms with Gasteiger partial charge in [-0.15, -0.1) is 0 Å². The van der Waals surface area contributed by atoms with Gasteiger partial charge >= 0.3 is 6.03 Å². The number of amides is 2. The molecule has 0 spiro atoms. The third-order valence-corrected chi connectivity index (χ3v) is 2.06. The molecular weight excluding hydrogens is 266 g/mol. The van der Waals surface area contributed by atoms with Gasteiger partial charge in [0.05, 0.1) is 10.7 Å². The molecule has 2 amide bonds. The highest BCUT2D eigenvalue weighted by atomic mass is 79.9. The molecule has 5 N–H and O–H groups in total. The first-order chi connectivity index (χ1) is 7.00. The van der Waals surface area contributed by atoms with Crippen molar-refractivity contribution in [1.82, 2.24) is 5.43 Å². The topological polar surface area (TPSA) is 108 Å². The van der Waals surface area contributed by atoms with E-state index in [9.17, 15) is 15.0 Å². The zero-order valence-corrected chi connectivity index (χ0v) is 9.02. The van der Waals surface area contributed by atoms with E-state index in [0.717, 1.165) is 0 Å². The summed E-state index contributed by atoms with van der Waals surface area (Å²) in [7, 11) is 0. The normalized spacial score (nSPS) is 10.5. The molecule has 1 rings (SSSR count). The molecule has 6 nitrogen and oxygen atoms in total. The number of nitrogens with zero attached hydrogens (tertiary/aromatic N) is 1. The van der Waals surface area contributed by atoms with Gasteiger partial charge in [-0.1, -0.05) is 0 Å². The minimum Gasteiger partial charge on any atom is -0.504 e.